The van der Waals surface area contributed by atoms with E-state index in [0.29, 0.717) is 37.8 Å². The number of aryl methyl sites for hydroxylation is 1. The van der Waals surface area contributed by atoms with Gasteiger partial charge in [-0.1, -0.05) is 12.1 Å². The van der Waals surface area contributed by atoms with Gasteiger partial charge in [0.05, 0.1) is 0 Å². The first-order valence-corrected chi connectivity index (χ1v) is 9.72. The molecule has 0 aliphatic carbocycles. The van der Waals surface area contributed by atoms with E-state index in [4.69, 9.17) is 0 Å². The SMILES string of the molecule is Cc1cccc(Nc2ccnc(C(=O)N3CCN(c4ncccn4)CC3)c2)c1C. The fraction of sp³-hybridized carbons (Fsp3) is 0.273. The molecule has 0 radical (unpaired) electrons. The summed E-state index contributed by atoms with van der Waals surface area (Å²) in [6, 6.07) is 11.6. The summed E-state index contributed by atoms with van der Waals surface area (Å²) in [6.07, 6.45) is 5.14. The molecule has 3 aromatic rings. The summed E-state index contributed by atoms with van der Waals surface area (Å²) in [5.41, 5.74) is 4.75. The number of nitrogens with zero attached hydrogens (tertiary/aromatic N) is 5. The average Bonchev–Trinajstić information content (AvgIpc) is 2.77. The number of piperazine rings is 1. The van der Waals surface area contributed by atoms with Gasteiger partial charge in [0, 0.05) is 56.1 Å². The van der Waals surface area contributed by atoms with E-state index in [-0.39, 0.29) is 5.91 Å². The van der Waals surface area contributed by atoms with Crippen molar-refractivity contribution in [3.05, 3.63) is 71.8 Å². The highest BCUT2D eigenvalue weighted by atomic mass is 16.2. The molecule has 1 aliphatic rings. The number of benzene rings is 1. The number of amides is 1. The number of rotatable bonds is 4. The van der Waals surface area contributed by atoms with Crippen molar-refractivity contribution in [3.8, 4) is 0 Å². The number of anilines is 3. The minimum atomic E-state index is -0.0526. The largest absolute Gasteiger partial charge is 0.355 e. The maximum atomic E-state index is 13.0. The Morgan fingerprint density at radius 3 is 2.45 bits per heavy atom. The van der Waals surface area contributed by atoms with Gasteiger partial charge in [-0.05, 0) is 49.2 Å². The van der Waals surface area contributed by atoms with Crippen molar-refractivity contribution in [3.63, 3.8) is 0 Å². The third-order valence-corrected chi connectivity index (χ3v) is 5.26. The van der Waals surface area contributed by atoms with Crippen molar-refractivity contribution in [2.75, 3.05) is 36.4 Å². The van der Waals surface area contributed by atoms with E-state index < -0.39 is 0 Å². The standard InChI is InChI=1S/C22H24N6O/c1-16-5-3-6-19(17(16)2)26-18-7-10-23-20(15-18)21(29)27-11-13-28(14-12-27)22-24-8-4-9-25-22/h3-10,15H,11-14H2,1-2H3,(H,23,26). The molecular weight excluding hydrogens is 364 g/mol. The summed E-state index contributed by atoms with van der Waals surface area (Å²) in [5, 5.41) is 3.40. The number of nitrogens with one attached hydrogen (secondary N) is 1. The van der Waals surface area contributed by atoms with Crippen LogP contribution >= 0.6 is 0 Å². The Morgan fingerprint density at radius 2 is 1.69 bits per heavy atom. The van der Waals surface area contributed by atoms with E-state index >= 15 is 0 Å². The lowest BCUT2D eigenvalue weighted by molar-refractivity contribution is 0.0740. The molecule has 29 heavy (non-hydrogen) atoms. The van der Waals surface area contributed by atoms with Crippen molar-refractivity contribution in [2.24, 2.45) is 0 Å². The first-order valence-electron chi connectivity index (χ1n) is 9.72. The molecule has 0 saturated carbocycles. The van der Waals surface area contributed by atoms with Crippen LogP contribution < -0.4 is 10.2 Å². The van der Waals surface area contributed by atoms with E-state index in [0.717, 1.165) is 11.4 Å². The Hall–Kier alpha value is -3.48. The second-order valence-corrected chi connectivity index (χ2v) is 7.13. The maximum absolute atomic E-state index is 13.0. The molecule has 148 valence electrons. The summed E-state index contributed by atoms with van der Waals surface area (Å²) >= 11 is 0. The highest BCUT2D eigenvalue weighted by Gasteiger charge is 2.24. The van der Waals surface area contributed by atoms with E-state index in [9.17, 15) is 4.79 Å². The van der Waals surface area contributed by atoms with Crippen LogP contribution in [0.3, 0.4) is 0 Å². The van der Waals surface area contributed by atoms with Crippen LogP contribution in [-0.4, -0.2) is 51.9 Å². The van der Waals surface area contributed by atoms with Gasteiger partial charge in [-0.25, -0.2) is 9.97 Å². The lowest BCUT2D eigenvalue weighted by Crippen LogP contribution is -2.49. The van der Waals surface area contributed by atoms with Crippen molar-refractivity contribution >= 4 is 23.2 Å². The first kappa shape index (κ1) is 18.9. The zero-order valence-corrected chi connectivity index (χ0v) is 16.7. The molecule has 0 spiro atoms. The van der Waals surface area contributed by atoms with E-state index in [2.05, 4.69) is 45.1 Å². The van der Waals surface area contributed by atoms with Gasteiger partial charge in [-0.3, -0.25) is 9.78 Å². The molecule has 7 heteroatoms. The summed E-state index contributed by atoms with van der Waals surface area (Å²) in [4.78, 5) is 29.8. The zero-order chi connectivity index (χ0) is 20.2. The van der Waals surface area contributed by atoms with Crippen LogP contribution in [0.5, 0.6) is 0 Å². The van der Waals surface area contributed by atoms with E-state index in [1.165, 1.54) is 11.1 Å². The summed E-state index contributed by atoms with van der Waals surface area (Å²) in [5.74, 6) is 0.653. The monoisotopic (exact) mass is 388 g/mol. The Labute approximate surface area is 170 Å². The van der Waals surface area contributed by atoms with Gasteiger partial charge in [0.25, 0.3) is 5.91 Å². The van der Waals surface area contributed by atoms with Crippen LogP contribution in [0.15, 0.2) is 55.0 Å². The third kappa shape index (κ3) is 4.18. The molecule has 0 bridgehead atoms. The second-order valence-electron chi connectivity index (χ2n) is 7.13. The van der Waals surface area contributed by atoms with Crippen LogP contribution in [0.25, 0.3) is 0 Å². The second kappa shape index (κ2) is 8.26. The lowest BCUT2D eigenvalue weighted by Gasteiger charge is -2.34. The topological polar surface area (TPSA) is 74.2 Å². The maximum Gasteiger partial charge on any atom is 0.272 e. The molecule has 0 atom stereocenters. The van der Waals surface area contributed by atoms with Crippen LogP contribution in [0, 0.1) is 13.8 Å². The summed E-state index contributed by atoms with van der Waals surface area (Å²) in [6.45, 7) is 6.82. The normalized spacial score (nSPS) is 14.0. The highest BCUT2D eigenvalue weighted by molar-refractivity contribution is 5.93. The predicted octanol–water partition coefficient (Wildman–Crippen LogP) is 3.19. The molecule has 1 amide bonds. The van der Waals surface area contributed by atoms with Gasteiger partial charge >= 0.3 is 0 Å². The molecule has 2 aromatic heterocycles. The van der Waals surface area contributed by atoms with Gasteiger partial charge in [0.1, 0.15) is 5.69 Å². The minimum Gasteiger partial charge on any atom is -0.355 e. The molecule has 1 aromatic carbocycles. The predicted molar refractivity (Wildman–Crippen MR) is 114 cm³/mol. The lowest BCUT2D eigenvalue weighted by atomic mass is 10.1. The highest BCUT2D eigenvalue weighted by Crippen LogP contribution is 2.23. The fourth-order valence-electron chi connectivity index (χ4n) is 3.39. The summed E-state index contributed by atoms with van der Waals surface area (Å²) in [7, 11) is 0. The van der Waals surface area contributed by atoms with E-state index in [1.807, 2.05) is 29.2 Å². The number of hydrogen-bond acceptors (Lipinski definition) is 6. The molecular formula is C22H24N6O. The Kier molecular flexibility index (Phi) is 5.37. The Balaban J connectivity index is 1.43. The number of pyridine rings is 1. The molecule has 1 N–H and O–H groups in total. The van der Waals surface area contributed by atoms with Crippen LogP contribution in [0.2, 0.25) is 0 Å². The first-order chi connectivity index (χ1) is 14.1. The van der Waals surface area contributed by atoms with Gasteiger partial charge in [-0.2, -0.15) is 0 Å². The quantitative estimate of drug-likeness (QED) is 0.740. The fourth-order valence-corrected chi connectivity index (χ4v) is 3.39. The Morgan fingerprint density at radius 1 is 0.931 bits per heavy atom. The Bertz CT molecular complexity index is 999. The van der Waals surface area contributed by atoms with Gasteiger partial charge < -0.3 is 15.1 Å². The van der Waals surface area contributed by atoms with E-state index in [1.54, 1.807) is 24.7 Å². The average molecular weight is 388 g/mol. The van der Waals surface area contributed by atoms with Crippen LogP contribution in [0.4, 0.5) is 17.3 Å². The number of carbonyl (C=O) groups excluding carboxylic acids is 1. The molecule has 1 saturated heterocycles. The molecule has 4 rings (SSSR count). The van der Waals surface area contributed by atoms with Gasteiger partial charge in [-0.15, -0.1) is 0 Å². The molecule has 3 heterocycles. The van der Waals surface area contributed by atoms with Crippen molar-refractivity contribution in [1.29, 1.82) is 0 Å². The van der Waals surface area contributed by atoms with Gasteiger partial charge in [0.2, 0.25) is 5.95 Å². The van der Waals surface area contributed by atoms with Crippen LogP contribution in [-0.2, 0) is 0 Å². The van der Waals surface area contributed by atoms with Crippen molar-refractivity contribution < 1.29 is 4.79 Å². The minimum absolute atomic E-state index is 0.0526. The van der Waals surface area contributed by atoms with Crippen LogP contribution in [0.1, 0.15) is 21.6 Å². The smallest absolute Gasteiger partial charge is 0.272 e. The van der Waals surface area contributed by atoms with Crippen molar-refractivity contribution in [1.82, 2.24) is 19.9 Å². The van der Waals surface area contributed by atoms with Gasteiger partial charge in [0.15, 0.2) is 0 Å². The zero-order valence-electron chi connectivity index (χ0n) is 16.7. The van der Waals surface area contributed by atoms with Crippen molar-refractivity contribution in [2.45, 2.75) is 13.8 Å². The molecule has 7 nitrogen and oxygen atoms in total. The molecule has 0 unspecified atom stereocenters. The number of aromatic nitrogens is 3. The third-order valence-electron chi connectivity index (χ3n) is 5.26. The molecule has 1 fully saturated rings. The number of carbonyl (C=O) groups is 1. The summed E-state index contributed by atoms with van der Waals surface area (Å²) < 4.78 is 0. The number of hydrogen-bond donors (Lipinski definition) is 1. The molecule has 1 aliphatic heterocycles.